The Kier molecular flexibility index (Phi) is 6.05. The largest absolute Gasteiger partial charge is 0.379 e. The summed E-state index contributed by atoms with van der Waals surface area (Å²) in [5.74, 6) is -0.000367. The standard InChI is InChI=1S/C13H26N2O3/c1-4-17-7-8-18-9-13(12(14)16,11-5-6-11)15-10(2)3/h10-11,15H,4-9H2,1-3H3,(H2,14,16). The molecule has 1 saturated carbocycles. The second-order valence-corrected chi connectivity index (χ2v) is 5.16. The first-order valence-corrected chi connectivity index (χ1v) is 6.76. The Labute approximate surface area is 109 Å². The quantitative estimate of drug-likeness (QED) is 0.565. The van der Waals surface area contributed by atoms with Gasteiger partial charge in [0, 0.05) is 12.6 Å². The van der Waals surface area contributed by atoms with E-state index in [1.165, 1.54) is 0 Å². The first kappa shape index (κ1) is 15.4. The monoisotopic (exact) mass is 258 g/mol. The Balaban J connectivity index is 2.50. The third-order valence-corrected chi connectivity index (χ3v) is 3.17. The van der Waals surface area contributed by atoms with Crippen molar-refractivity contribution in [3.63, 3.8) is 0 Å². The van der Waals surface area contributed by atoms with E-state index in [4.69, 9.17) is 15.2 Å². The molecule has 1 fully saturated rings. The molecule has 0 saturated heterocycles. The number of hydrogen-bond acceptors (Lipinski definition) is 4. The minimum atomic E-state index is -0.708. The van der Waals surface area contributed by atoms with Crippen molar-refractivity contribution in [3.8, 4) is 0 Å². The van der Waals surface area contributed by atoms with E-state index in [0.717, 1.165) is 12.8 Å². The summed E-state index contributed by atoms with van der Waals surface area (Å²) in [6.45, 7) is 8.03. The van der Waals surface area contributed by atoms with Gasteiger partial charge in [-0.1, -0.05) is 0 Å². The third kappa shape index (κ3) is 4.23. The predicted octanol–water partition coefficient (Wildman–Crippen LogP) is 0.672. The fraction of sp³-hybridized carbons (Fsp3) is 0.923. The van der Waals surface area contributed by atoms with Crippen molar-refractivity contribution < 1.29 is 14.3 Å². The van der Waals surface area contributed by atoms with E-state index in [1.54, 1.807) is 0 Å². The van der Waals surface area contributed by atoms with Gasteiger partial charge >= 0.3 is 0 Å². The molecule has 1 aliphatic carbocycles. The van der Waals surface area contributed by atoms with Crippen LogP contribution in [0.25, 0.3) is 0 Å². The van der Waals surface area contributed by atoms with Crippen molar-refractivity contribution in [2.45, 2.75) is 45.2 Å². The summed E-state index contributed by atoms with van der Waals surface area (Å²) < 4.78 is 10.8. The van der Waals surface area contributed by atoms with Crippen LogP contribution in [0, 0.1) is 5.92 Å². The lowest BCUT2D eigenvalue weighted by atomic mass is 9.92. The minimum absolute atomic E-state index is 0.202. The lowest BCUT2D eigenvalue weighted by Gasteiger charge is -2.33. The van der Waals surface area contributed by atoms with Crippen LogP contribution < -0.4 is 11.1 Å². The molecule has 3 N–H and O–H groups in total. The number of nitrogens with two attached hydrogens (primary N) is 1. The summed E-state index contributed by atoms with van der Waals surface area (Å²) in [6.07, 6.45) is 2.08. The number of rotatable bonds is 10. The number of hydrogen-bond donors (Lipinski definition) is 2. The van der Waals surface area contributed by atoms with Crippen molar-refractivity contribution in [1.29, 1.82) is 0 Å². The van der Waals surface area contributed by atoms with Gasteiger partial charge in [-0.15, -0.1) is 0 Å². The first-order chi connectivity index (χ1) is 8.53. The molecule has 5 heteroatoms. The van der Waals surface area contributed by atoms with Crippen LogP contribution in [0.2, 0.25) is 0 Å². The van der Waals surface area contributed by atoms with Crippen LogP contribution in [0.4, 0.5) is 0 Å². The molecule has 1 rings (SSSR count). The summed E-state index contributed by atoms with van der Waals surface area (Å²) in [5.41, 5.74) is 4.88. The Morgan fingerprint density at radius 2 is 2.00 bits per heavy atom. The van der Waals surface area contributed by atoms with Crippen LogP contribution in [0.15, 0.2) is 0 Å². The molecule has 0 bridgehead atoms. The molecular weight excluding hydrogens is 232 g/mol. The number of nitrogens with one attached hydrogen (secondary N) is 1. The average Bonchev–Trinajstić information content (AvgIpc) is 3.10. The summed E-state index contributed by atoms with van der Waals surface area (Å²) in [4.78, 5) is 11.8. The van der Waals surface area contributed by atoms with Gasteiger partial charge in [0.15, 0.2) is 0 Å². The Morgan fingerprint density at radius 1 is 1.39 bits per heavy atom. The van der Waals surface area contributed by atoms with Crippen molar-refractivity contribution >= 4 is 5.91 Å². The zero-order chi connectivity index (χ0) is 13.6. The first-order valence-electron chi connectivity index (χ1n) is 6.76. The molecule has 106 valence electrons. The van der Waals surface area contributed by atoms with Gasteiger partial charge in [-0.2, -0.15) is 0 Å². The molecule has 0 aromatic carbocycles. The molecule has 18 heavy (non-hydrogen) atoms. The minimum Gasteiger partial charge on any atom is -0.379 e. The molecule has 5 nitrogen and oxygen atoms in total. The molecule has 0 radical (unpaired) electrons. The van der Waals surface area contributed by atoms with Crippen molar-refractivity contribution in [2.75, 3.05) is 26.4 Å². The number of ether oxygens (including phenoxy) is 2. The van der Waals surface area contributed by atoms with Gasteiger partial charge < -0.3 is 15.2 Å². The highest BCUT2D eigenvalue weighted by Gasteiger charge is 2.50. The molecule has 0 aliphatic heterocycles. The van der Waals surface area contributed by atoms with Gasteiger partial charge in [0.2, 0.25) is 5.91 Å². The van der Waals surface area contributed by atoms with Crippen molar-refractivity contribution in [3.05, 3.63) is 0 Å². The number of carbonyl (C=O) groups is 1. The van der Waals surface area contributed by atoms with Crippen LogP contribution in [-0.2, 0) is 14.3 Å². The molecule has 1 unspecified atom stereocenters. The fourth-order valence-electron chi connectivity index (χ4n) is 2.21. The number of carbonyl (C=O) groups excluding carboxylic acids is 1. The van der Waals surface area contributed by atoms with E-state index in [0.29, 0.717) is 32.3 Å². The highest BCUT2D eigenvalue weighted by Crippen LogP contribution is 2.40. The molecule has 1 amide bonds. The predicted molar refractivity (Wildman–Crippen MR) is 70.2 cm³/mol. The summed E-state index contributed by atoms with van der Waals surface area (Å²) >= 11 is 0. The van der Waals surface area contributed by atoms with E-state index in [-0.39, 0.29) is 11.9 Å². The van der Waals surface area contributed by atoms with E-state index < -0.39 is 5.54 Å². The second-order valence-electron chi connectivity index (χ2n) is 5.16. The maximum absolute atomic E-state index is 11.8. The normalized spacial score (nSPS) is 18.9. The second kappa shape index (κ2) is 7.07. The molecule has 0 aromatic rings. The smallest absolute Gasteiger partial charge is 0.240 e. The summed E-state index contributed by atoms with van der Waals surface area (Å²) in [6, 6.07) is 0.202. The van der Waals surface area contributed by atoms with Gasteiger partial charge in [-0.05, 0) is 39.5 Å². The lowest BCUT2D eigenvalue weighted by molar-refractivity contribution is -0.129. The lowest BCUT2D eigenvalue weighted by Crippen LogP contribution is -2.62. The topological polar surface area (TPSA) is 73.6 Å². The Hall–Kier alpha value is -0.650. The Morgan fingerprint density at radius 3 is 2.44 bits per heavy atom. The van der Waals surface area contributed by atoms with E-state index in [2.05, 4.69) is 5.32 Å². The zero-order valence-corrected chi connectivity index (χ0v) is 11.7. The van der Waals surface area contributed by atoms with E-state index in [9.17, 15) is 4.79 Å². The van der Waals surface area contributed by atoms with E-state index in [1.807, 2.05) is 20.8 Å². The van der Waals surface area contributed by atoms with Gasteiger partial charge in [0.05, 0.1) is 19.8 Å². The maximum Gasteiger partial charge on any atom is 0.240 e. The third-order valence-electron chi connectivity index (χ3n) is 3.17. The average molecular weight is 258 g/mol. The van der Waals surface area contributed by atoms with Gasteiger partial charge in [-0.3, -0.25) is 10.1 Å². The van der Waals surface area contributed by atoms with Crippen LogP contribution in [-0.4, -0.2) is 43.9 Å². The number of amides is 1. The van der Waals surface area contributed by atoms with Gasteiger partial charge in [0.1, 0.15) is 5.54 Å². The summed E-state index contributed by atoms with van der Waals surface area (Å²) in [7, 11) is 0. The molecular formula is C13H26N2O3. The fourth-order valence-corrected chi connectivity index (χ4v) is 2.21. The molecule has 0 heterocycles. The molecule has 0 spiro atoms. The van der Waals surface area contributed by atoms with Crippen molar-refractivity contribution in [2.24, 2.45) is 11.7 Å². The zero-order valence-electron chi connectivity index (χ0n) is 11.7. The molecule has 0 aromatic heterocycles. The Bertz CT molecular complexity index is 267. The summed E-state index contributed by atoms with van der Waals surface area (Å²) in [5, 5.41) is 3.31. The van der Waals surface area contributed by atoms with Gasteiger partial charge in [0.25, 0.3) is 0 Å². The SMILES string of the molecule is CCOCCOCC(NC(C)C)(C(N)=O)C1CC1. The molecule has 1 aliphatic rings. The highest BCUT2D eigenvalue weighted by molar-refractivity contribution is 5.85. The van der Waals surface area contributed by atoms with Crippen LogP contribution in [0.5, 0.6) is 0 Å². The highest BCUT2D eigenvalue weighted by atomic mass is 16.5. The van der Waals surface area contributed by atoms with Crippen LogP contribution in [0.3, 0.4) is 0 Å². The van der Waals surface area contributed by atoms with Gasteiger partial charge in [-0.25, -0.2) is 0 Å². The maximum atomic E-state index is 11.8. The van der Waals surface area contributed by atoms with Crippen LogP contribution in [0.1, 0.15) is 33.6 Å². The molecule has 1 atom stereocenters. The van der Waals surface area contributed by atoms with Crippen LogP contribution >= 0.6 is 0 Å². The van der Waals surface area contributed by atoms with E-state index >= 15 is 0 Å². The number of primary amides is 1. The van der Waals surface area contributed by atoms with Crippen molar-refractivity contribution in [1.82, 2.24) is 5.32 Å².